The number of carbonyl (C=O) groups excluding carboxylic acids is 9. The van der Waals surface area contributed by atoms with Crippen LogP contribution in [0.15, 0.2) is 194 Å². The zero-order valence-electron chi connectivity index (χ0n) is 74.8. The van der Waals surface area contributed by atoms with Crippen LogP contribution in [0.2, 0.25) is 0 Å². The standard InChI is InChI=1S/C97H122N12O16S/c1-17-54-121-90(117)77(56-64-34-22-18-23-35-64)104-84(111)74(43-32-52-100-91(99)107-126(119,120)83-61(3)60(2)82-72(62(83)4)58-96(15,16)124-82)101-85(112)75(50-51-80(110)106-97(67-36-24-19-25-37-67,68-38-26-20-27-39-68)69-40-28-21-29-41-69)102-88(115)81(63(5)122-93(6,7)8)105-86(113)76(57-66-59-109(92(118)125-95(12,13)14)78-44-31-30-42-71(66)78)103-87(114)79-45-33-53-108(79)89(116)73(98)55-65-46-48-70(49-47-65)123-94(9,10)11/h17-31,34-42,44,46-49,59,63,73-77,79,81H,1,32-33,43,45,50-58,98H2,2-16H3,(H,101,112)(H,102,115)(H,103,114)(H,104,111)(H,105,113)(H,106,110)(H3,99,100,107)/t63?,73-,74-,75-,76-,77-,79-,81-/m0/s1. The summed E-state index contributed by atoms with van der Waals surface area (Å²) in [6.07, 6.45) is 0.203. The number of sulfonamides is 1. The molecule has 672 valence electrons. The molecule has 8 aromatic rings. The summed E-state index contributed by atoms with van der Waals surface area (Å²) in [4.78, 5) is 138. The smallest absolute Gasteiger partial charge is 0.419 e. The van der Waals surface area contributed by atoms with Crippen LogP contribution in [-0.4, -0.2) is 168 Å². The molecule has 0 radical (unpaired) electrons. The van der Waals surface area contributed by atoms with E-state index in [0.717, 1.165) is 11.1 Å². The second kappa shape index (κ2) is 41.3. The molecule has 7 amide bonds. The Balaban J connectivity index is 1.01. The van der Waals surface area contributed by atoms with Gasteiger partial charge in [0.05, 0.1) is 28.2 Å². The first-order valence-electron chi connectivity index (χ1n) is 42.8. The van der Waals surface area contributed by atoms with Gasteiger partial charge in [-0.2, -0.15) is 0 Å². The highest BCUT2D eigenvalue weighted by atomic mass is 32.2. The summed E-state index contributed by atoms with van der Waals surface area (Å²) in [7, 11) is -4.42. The van der Waals surface area contributed by atoms with Crippen molar-refractivity contribution in [2.75, 3.05) is 19.7 Å². The van der Waals surface area contributed by atoms with Crippen LogP contribution >= 0.6 is 0 Å². The maximum atomic E-state index is 16.1. The number of hydrogen-bond donors (Lipinski definition) is 10. The number of benzene rings is 7. The summed E-state index contributed by atoms with van der Waals surface area (Å²) >= 11 is 0. The van der Waals surface area contributed by atoms with Gasteiger partial charge in [0.25, 0.3) is 10.0 Å². The van der Waals surface area contributed by atoms with Gasteiger partial charge in [-0.1, -0.05) is 164 Å². The summed E-state index contributed by atoms with van der Waals surface area (Å²) in [6.45, 7) is 30.0. The van der Waals surface area contributed by atoms with Crippen molar-refractivity contribution in [2.45, 2.75) is 249 Å². The van der Waals surface area contributed by atoms with Crippen LogP contribution in [0.5, 0.6) is 11.5 Å². The quantitative estimate of drug-likeness (QED) is 0.00435. The molecular weight excluding hydrogens is 1620 g/mol. The van der Waals surface area contributed by atoms with Crippen molar-refractivity contribution >= 4 is 80.3 Å². The Hall–Kier alpha value is -12.2. The van der Waals surface area contributed by atoms with E-state index in [1.165, 1.54) is 28.7 Å². The van der Waals surface area contributed by atoms with Crippen molar-refractivity contribution in [3.63, 3.8) is 0 Å². The maximum Gasteiger partial charge on any atom is 0.419 e. The average molecular weight is 1740 g/mol. The van der Waals surface area contributed by atoms with Crippen molar-refractivity contribution < 1.29 is 75.3 Å². The lowest BCUT2D eigenvalue weighted by Crippen LogP contribution is -2.62. The molecule has 8 atom stereocenters. The molecule has 2 aliphatic heterocycles. The lowest BCUT2D eigenvalue weighted by molar-refractivity contribution is -0.147. The van der Waals surface area contributed by atoms with Crippen molar-refractivity contribution in [3.8, 4) is 11.5 Å². The Labute approximate surface area is 738 Å². The maximum absolute atomic E-state index is 16.1. The van der Waals surface area contributed by atoms with E-state index in [2.05, 4.69) is 48.5 Å². The van der Waals surface area contributed by atoms with Gasteiger partial charge < -0.3 is 71.5 Å². The molecule has 0 bridgehead atoms. The zero-order chi connectivity index (χ0) is 91.8. The molecule has 1 unspecified atom stereocenters. The second-order valence-electron chi connectivity index (χ2n) is 35.9. The topological polar surface area (TPSA) is 388 Å². The highest BCUT2D eigenvalue weighted by Gasteiger charge is 2.44. The van der Waals surface area contributed by atoms with Crippen LogP contribution in [0.1, 0.15) is 177 Å². The van der Waals surface area contributed by atoms with Gasteiger partial charge in [0.2, 0.25) is 47.3 Å². The number of ether oxygens (including phenoxy) is 5. The van der Waals surface area contributed by atoms with Gasteiger partial charge in [-0.15, -0.1) is 0 Å². The first kappa shape index (κ1) is 96.0. The highest BCUT2D eigenvalue weighted by Crippen LogP contribution is 2.44. The molecule has 29 heteroatoms. The number of amides is 7. The number of nitrogens with zero attached hydrogens (tertiary/aromatic N) is 2. The van der Waals surface area contributed by atoms with Crippen LogP contribution in [0, 0.1) is 26.2 Å². The molecule has 126 heavy (non-hydrogen) atoms. The molecule has 1 saturated heterocycles. The number of rotatable bonds is 36. The number of para-hydroxylation sites is 1. The predicted molar refractivity (Wildman–Crippen MR) is 483 cm³/mol. The molecule has 1 aromatic heterocycles. The molecule has 0 saturated carbocycles. The summed E-state index contributed by atoms with van der Waals surface area (Å²) in [5.74, 6) is -6.04. The lowest BCUT2D eigenvalue weighted by Gasteiger charge is -2.37. The largest absolute Gasteiger partial charge is 0.488 e. The number of guanidine groups is 1. The van der Waals surface area contributed by atoms with Gasteiger partial charge in [-0.25, -0.2) is 22.7 Å². The molecule has 1 fully saturated rings. The first-order chi connectivity index (χ1) is 59.4. The monoisotopic (exact) mass is 1740 g/mol. The third kappa shape index (κ3) is 25.1. The first-order valence-corrected chi connectivity index (χ1v) is 44.3. The average Bonchev–Trinajstić information content (AvgIpc) is 1.57. The third-order valence-electron chi connectivity index (χ3n) is 21.9. The van der Waals surface area contributed by atoms with Crippen LogP contribution in [0.3, 0.4) is 0 Å². The van der Waals surface area contributed by atoms with Crippen molar-refractivity contribution in [1.29, 1.82) is 5.41 Å². The van der Waals surface area contributed by atoms with Gasteiger partial charge in [0.15, 0.2) is 0 Å². The Morgan fingerprint density at radius 1 is 0.635 bits per heavy atom. The summed E-state index contributed by atoms with van der Waals surface area (Å²) < 4.78 is 62.6. The van der Waals surface area contributed by atoms with Gasteiger partial charge in [0.1, 0.15) is 76.7 Å². The molecule has 10 rings (SSSR count). The van der Waals surface area contributed by atoms with Gasteiger partial charge >= 0.3 is 12.1 Å². The SMILES string of the molecule is C=CCOC(=O)[C@H](Cc1ccccc1)NC(=O)[C@H](CCCNC(=N)NS(=O)(=O)c1c(C)c(C)c2c(c1C)CC(C)(C)O2)NC(=O)[C@H](CCC(=O)NC(c1ccccc1)(c1ccccc1)c1ccccc1)NC(=O)[C@@H](NC(=O)[C@H](Cc1cn(C(=O)OC(C)(C)C)c2ccccc12)NC(=O)[C@@H]1CCCN1C(=O)[C@@H](N)Cc1ccc(OC(C)(C)C)cc1)C(C)OC(C)(C)C. The molecule has 28 nitrogen and oxygen atoms in total. The van der Waals surface area contributed by atoms with Crippen LogP contribution in [0.25, 0.3) is 10.9 Å². The summed E-state index contributed by atoms with van der Waals surface area (Å²) in [6, 6.07) is 40.3. The van der Waals surface area contributed by atoms with Crippen LogP contribution in [-0.2, 0) is 93.8 Å². The number of fused-ring (bicyclic) bond motifs is 2. The van der Waals surface area contributed by atoms with Crippen molar-refractivity contribution in [3.05, 3.63) is 244 Å². The molecule has 3 heterocycles. The van der Waals surface area contributed by atoms with E-state index in [0.29, 0.717) is 79.8 Å². The van der Waals surface area contributed by atoms with E-state index in [4.69, 9.17) is 34.8 Å². The van der Waals surface area contributed by atoms with Gasteiger partial charge in [-0.3, -0.25) is 43.5 Å². The number of carbonyl (C=O) groups is 9. The molecule has 0 aliphatic carbocycles. The van der Waals surface area contributed by atoms with Gasteiger partial charge in [0, 0.05) is 55.9 Å². The minimum atomic E-state index is -4.42. The number of likely N-dealkylation sites (tertiary alicyclic amines) is 1. The van der Waals surface area contributed by atoms with E-state index in [9.17, 15) is 22.8 Å². The van der Waals surface area contributed by atoms with E-state index >= 15 is 28.8 Å². The number of hydrogen-bond acceptors (Lipinski definition) is 18. The number of nitrogens with one attached hydrogen (secondary N) is 9. The molecule has 7 aromatic carbocycles. The summed E-state index contributed by atoms with van der Waals surface area (Å²) in [5, 5.41) is 29.8. The fourth-order valence-electron chi connectivity index (χ4n) is 16.1. The highest BCUT2D eigenvalue weighted by molar-refractivity contribution is 7.90. The van der Waals surface area contributed by atoms with E-state index in [1.807, 2.05) is 138 Å². The minimum absolute atomic E-state index is 0.00814. The molecule has 2 aliphatic rings. The van der Waals surface area contributed by atoms with Crippen molar-refractivity contribution in [2.24, 2.45) is 5.73 Å². The minimum Gasteiger partial charge on any atom is -0.488 e. The predicted octanol–water partition coefficient (Wildman–Crippen LogP) is 11.1. The van der Waals surface area contributed by atoms with Gasteiger partial charge in [-0.05, 0) is 211 Å². The number of nitrogens with two attached hydrogens (primary N) is 1. The van der Waals surface area contributed by atoms with Crippen LogP contribution in [0.4, 0.5) is 4.79 Å². The Morgan fingerprint density at radius 3 is 1.76 bits per heavy atom. The van der Waals surface area contributed by atoms with E-state index < -0.39 is 159 Å². The molecular formula is C97H122N12O16S. The second-order valence-corrected chi connectivity index (χ2v) is 37.5. The number of esters is 1. The third-order valence-corrected chi connectivity index (χ3v) is 23.5. The lowest BCUT2D eigenvalue weighted by atomic mass is 9.77. The zero-order valence-corrected chi connectivity index (χ0v) is 75.6. The molecule has 11 N–H and O–H groups in total. The summed E-state index contributed by atoms with van der Waals surface area (Å²) in [5.41, 5.74) is 8.74. The van der Waals surface area contributed by atoms with Crippen molar-refractivity contribution in [1.82, 2.24) is 51.4 Å². The Bertz CT molecular complexity index is 5260. The fraction of sp³-hybridized carbons (Fsp3) is 0.423. The Morgan fingerprint density at radius 2 is 1.18 bits per heavy atom. The molecule has 0 spiro atoms. The fourth-order valence-corrected chi connectivity index (χ4v) is 17.6. The van der Waals surface area contributed by atoms with E-state index in [1.54, 1.807) is 129 Å². The van der Waals surface area contributed by atoms with E-state index in [-0.39, 0.29) is 63.1 Å². The normalized spacial score (nSPS) is 15.6. The number of aromatic nitrogens is 1. The Kier molecular flexibility index (Phi) is 31.5. The van der Waals surface area contributed by atoms with Crippen LogP contribution < -0.4 is 57.1 Å².